The zero-order chi connectivity index (χ0) is 14.7. The lowest BCUT2D eigenvalue weighted by atomic mass is 10.1. The smallest absolute Gasteiger partial charge is 0.306 e. The Hall–Kier alpha value is -1.20. The Kier molecular flexibility index (Phi) is 4.94. The van der Waals surface area contributed by atoms with E-state index in [-0.39, 0.29) is 17.9 Å². The summed E-state index contributed by atoms with van der Waals surface area (Å²) < 4.78 is 0. The summed E-state index contributed by atoms with van der Waals surface area (Å²) in [5.74, 6) is -1.38. The van der Waals surface area contributed by atoms with E-state index in [4.69, 9.17) is 16.7 Å². The number of rotatable bonds is 4. The fourth-order valence-electron chi connectivity index (χ4n) is 2.41. The van der Waals surface area contributed by atoms with Crippen LogP contribution in [0.1, 0.15) is 29.6 Å². The summed E-state index contributed by atoms with van der Waals surface area (Å²) >= 11 is 7.59. The van der Waals surface area contributed by atoms with Gasteiger partial charge in [-0.25, -0.2) is 0 Å². The number of aliphatic carboxylic acids is 1. The molecule has 1 amide bonds. The molecule has 0 saturated heterocycles. The number of carbonyl (C=O) groups excluding carboxylic acids is 1. The second kappa shape index (κ2) is 6.50. The standard InChI is InChI=1S/C14H16ClNO3S/c1-20-10-4-5-12(15)11(7-10)13(17)16-9-3-2-8(6-9)14(18)19/h4-5,7-9H,2-3,6H2,1H3,(H,16,17)(H,18,19)/t8-,9+/m1/s1. The summed E-state index contributed by atoms with van der Waals surface area (Å²) in [5.41, 5.74) is 0.442. The second-order valence-corrected chi connectivity index (χ2v) is 6.15. The molecule has 0 spiro atoms. The first kappa shape index (κ1) is 15.2. The molecule has 2 atom stereocenters. The maximum absolute atomic E-state index is 12.2. The van der Waals surface area contributed by atoms with Crippen molar-refractivity contribution in [3.05, 3.63) is 28.8 Å². The van der Waals surface area contributed by atoms with E-state index >= 15 is 0 Å². The summed E-state index contributed by atoms with van der Waals surface area (Å²) in [5, 5.41) is 12.2. The Labute approximate surface area is 126 Å². The number of amides is 1. The SMILES string of the molecule is CSc1ccc(Cl)c(C(=O)N[C@H]2CC[C@@H](C(=O)O)C2)c1. The van der Waals surface area contributed by atoms with Crippen LogP contribution in [0, 0.1) is 5.92 Å². The minimum Gasteiger partial charge on any atom is -0.481 e. The zero-order valence-corrected chi connectivity index (χ0v) is 12.6. The van der Waals surface area contributed by atoms with Crippen molar-refractivity contribution in [2.45, 2.75) is 30.2 Å². The summed E-state index contributed by atoms with van der Waals surface area (Å²) in [6, 6.07) is 5.24. The van der Waals surface area contributed by atoms with Crippen LogP contribution in [0.4, 0.5) is 0 Å². The predicted molar refractivity (Wildman–Crippen MR) is 79.5 cm³/mol. The van der Waals surface area contributed by atoms with Crippen LogP contribution in [-0.2, 0) is 4.79 Å². The number of hydrogen-bond acceptors (Lipinski definition) is 3. The van der Waals surface area contributed by atoms with E-state index in [1.165, 1.54) is 11.8 Å². The lowest BCUT2D eigenvalue weighted by Crippen LogP contribution is -2.33. The van der Waals surface area contributed by atoms with Gasteiger partial charge in [0.25, 0.3) is 5.91 Å². The first-order valence-corrected chi connectivity index (χ1v) is 7.98. The van der Waals surface area contributed by atoms with Gasteiger partial charge in [-0.3, -0.25) is 9.59 Å². The summed E-state index contributed by atoms with van der Waals surface area (Å²) in [6.45, 7) is 0. The fraction of sp³-hybridized carbons (Fsp3) is 0.429. The number of nitrogens with one attached hydrogen (secondary N) is 1. The van der Waals surface area contributed by atoms with Crippen molar-refractivity contribution in [3.8, 4) is 0 Å². The van der Waals surface area contributed by atoms with Crippen LogP contribution >= 0.6 is 23.4 Å². The number of halogens is 1. The molecule has 0 unspecified atom stereocenters. The molecular formula is C14H16ClNO3S. The van der Waals surface area contributed by atoms with Gasteiger partial charge in [-0.05, 0) is 43.7 Å². The van der Waals surface area contributed by atoms with Crippen LogP contribution in [0.15, 0.2) is 23.1 Å². The number of hydrogen-bond donors (Lipinski definition) is 2. The van der Waals surface area contributed by atoms with E-state index in [2.05, 4.69) is 5.32 Å². The van der Waals surface area contributed by atoms with Gasteiger partial charge in [0, 0.05) is 10.9 Å². The van der Waals surface area contributed by atoms with E-state index < -0.39 is 5.97 Å². The second-order valence-electron chi connectivity index (χ2n) is 4.86. The molecule has 108 valence electrons. The molecule has 6 heteroatoms. The van der Waals surface area contributed by atoms with Crippen molar-refractivity contribution in [1.29, 1.82) is 0 Å². The van der Waals surface area contributed by atoms with Gasteiger partial charge in [0.05, 0.1) is 16.5 Å². The summed E-state index contributed by atoms with van der Waals surface area (Å²) in [7, 11) is 0. The van der Waals surface area contributed by atoms with Crippen molar-refractivity contribution in [2.75, 3.05) is 6.26 Å². The summed E-state index contributed by atoms with van der Waals surface area (Å²) in [4.78, 5) is 24.1. The highest BCUT2D eigenvalue weighted by molar-refractivity contribution is 7.98. The average molecular weight is 314 g/mol. The van der Waals surface area contributed by atoms with Crippen LogP contribution in [0.2, 0.25) is 5.02 Å². The number of carboxylic acid groups (broad SMARTS) is 1. The van der Waals surface area contributed by atoms with Crippen LogP contribution in [-0.4, -0.2) is 29.3 Å². The fourth-order valence-corrected chi connectivity index (χ4v) is 3.05. The Bertz CT molecular complexity index is 535. The van der Waals surface area contributed by atoms with Gasteiger partial charge in [-0.2, -0.15) is 0 Å². The third-order valence-electron chi connectivity index (χ3n) is 3.54. The normalized spacial score (nSPS) is 21.7. The molecule has 1 aliphatic rings. The molecule has 4 nitrogen and oxygen atoms in total. The molecule has 0 heterocycles. The maximum atomic E-state index is 12.2. The minimum absolute atomic E-state index is 0.0856. The largest absolute Gasteiger partial charge is 0.481 e. The van der Waals surface area contributed by atoms with Crippen molar-refractivity contribution in [2.24, 2.45) is 5.92 Å². The molecule has 0 aromatic heterocycles. The number of benzene rings is 1. The highest BCUT2D eigenvalue weighted by Gasteiger charge is 2.30. The topological polar surface area (TPSA) is 66.4 Å². The molecule has 2 rings (SSSR count). The van der Waals surface area contributed by atoms with Gasteiger partial charge in [-0.15, -0.1) is 11.8 Å². The number of carboxylic acids is 1. The van der Waals surface area contributed by atoms with Crippen LogP contribution < -0.4 is 5.32 Å². The molecule has 1 saturated carbocycles. The molecule has 0 radical (unpaired) electrons. The molecule has 2 N–H and O–H groups in total. The lowest BCUT2D eigenvalue weighted by molar-refractivity contribution is -0.141. The van der Waals surface area contributed by atoms with Crippen molar-refractivity contribution in [3.63, 3.8) is 0 Å². The Morgan fingerprint density at radius 3 is 2.75 bits per heavy atom. The Morgan fingerprint density at radius 2 is 2.15 bits per heavy atom. The molecule has 1 aliphatic carbocycles. The minimum atomic E-state index is -0.788. The maximum Gasteiger partial charge on any atom is 0.306 e. The van der Waals surface area contributed by atoms with Crippen molar-refractivity contribution < 1.29 is 14.7 Å². The zero-order valence-electron chi connectivity index (χ0n) is 11.1. The van der Waals surface area contributed by atoms with Gasteiger partial charge >= 0.3 is 5.97 Å². The van der Waals surface area contributed by atoms with E-state index in [1.54, 1.807) is 12.1 Å². The first-order chi connectivity index (χ1) is 9.51. The molecule has 1 fully saturated rings. The third kappa shape index (κ3) is 3.46. The third-order valence-corrected chi connectivity index (χ3v) is 4.59. The Balaban J connectivity index is 2.04. The summed E-state index contributed by atoms with van der Waals surface area (Å²) in [6.07, 6.45) is 3.72. The monoisotopic (exact) mass is 313 g/mol. The van der Waals surface area contributed by atoms with Crippen LogP contribution in [0.25, 0.3) is 0 Å². The molecule has 20 heavy (non-hydrogen) atoms. The Morgan fingerprint density at radius 1 is 1.40 bits per heavy atom. The van der Waals surface area contributed by atoms with E-state index in [0.29, 0.717) is 29.8 Å². The van der Waals surface area contributed by atoms with Crippen LogP contribution in [0.5, 0.6) is 0 Å². The van der Waals surface area contributed by atoms with Crippen LogP contribution in [0.3, 0.4) is 0 Å². The van der Waals surface area contributed by atoms with Gasteiger partial charge in [0.2, 0.25) is 0 Å². The van der Waals surface area contributed by atoms with Gasteiger partial charge in [0.15, 0.2) is 0 Å². The van der Waals surface area contributed by atoms with E-state index in [9.17, 15) is 9.59 Å². The van der Waals surface area contributed by atoms with Gasteiger partial charge in [0.1, 0.15) is 0 Å². The van der Waals surface area contributed by atoms with Crippen molar-refractivity contribution in [1.82, 2.24) is 5.32 Å². The lowest BCUT2D eigenvalue weighted by Gasteiger charge is -2.13. The first-order valence-electron chi connectivity index (χ1n) is 6.38. The molecule has 1 aromatic carbocycles. The van der Waals surface area contributed by atoms with Gasteiger partial charge < -0.3 is 10.4 Å². The molecule has 0 bridgehead atoms. The number of carbonyl (C=O) groups is 2. The molecule has 1 aromatic rings. The molecular weight excluding hydrogens is 298 g/mol. The predicted octanol–water partition coefficient (Wildman–Crippen LogP) is 3.05. The van der Waals surface area contributed by atoms with Crippen molar-refractivity contribution >= 4 is 35.2 Å². The van der Waals surface area contributed by atoms with E-state index in [0.717, 1.165) is 4.90 Å². The average Bonchev–Trinajstić information content (AvgIpc) is 2.88. The highest BCUT2D eigenvalue weighted by atomic mass is 35.5. The quantitative estimate of drug-likeness (QED) is 0.838. The van der Waals surface area contributed by atoms with Gasteiger partial charge in [-0.1, -0.05) is 11.6 Å². The molecule has 0 aliphatic heterocycles. The number of thioether (sulfide) groups is 1. The van der Waals surface area contributed by atoms with E-state index in [1.807, 2.05) is 12.3 Å². The highest BCUT2D eigenvalue weighted by Crippen LogP contribution is 2.27.